The van der Waals surface area contributed by atoms with Crippen LogP contribution in [0.15, 0.2) is 0 Å². The van der Waals surface area contributed by atoms with Crippen LogP contribution in [0.5, 0.6) is 0 Å². The molecule has 2 aliphatic rings. The van der Waals surface area contributed by atoms with Crippen LogP contribution in [0.4, 0.5) is 0 Å². The fourth-order valence-corrected chi connectivity index (χ4v) is 2.40. The minimum absolute atomic E-state index is 0.581. The molecule has 0 bridgehead atoms. The Bertz CT molecular complexity index is 151. The van der Waals surface area contributed by atoms with Crippen molar-refractivity contribution in [2.24, 2.45) is 0 Å². The van der Waals surface area contributed by atoms with Gasteiger partial charge in [0, 0.05) is 18.6 Å². The van der Waals surface area contributed by atoms with Crippen molar-refractivity contribution in [3.8, 4) is 0 Å². The third-order valence-corrected chi connectivity index (χ3v) is 3.28. The van der Waals surface area contributed by atoms with Gasteiger partial charge in [0.1, 0.15) is 0 Å². The van der Waals surface area contributed by atoms with Gasteiger partial charge in [-0.05, 0) is 25.8 Å². The largest absolute Gasteiger partial charge is 0.379 e. The van der Waals surface area contributed by atoms with E-state index in [-0.39, 0.29) is 0 Å². The molecule has 2 fully saturated rings. The summed E-state index contributed by atoms with van der Waals surface area (Å²) in [5.74, 6) is 0. The first kappa shape index (κ1) is 10.4. The third-order valence-electron chi connectivity index (χ3n) is 3.28. The first-order valence-electron chi connectivity index (χ1n) is 5.99. The lowest BCUT2D eigenvalue weighted by molar-refractivity contribution is 0.0740. The Kier molecular flexibility index (Phi) is 4.22. The molecule has 1 saturated heterocycles. The summed E-state index contributed by atoms with van der Waals surface area (Å²) < 4.78 is 5.41. The Hall–Kier alpha value is -0.120. The summed E-state index contributed by atoms with van der Waals surface area (Å²) in [6, 6.07) is 1.39. The van der Waals surface area contributed by atoms with Crippen LogP contribution in [-0.2, 0) is 4.74 Å². The number of morpholine rings is 1. The maximum Gasteiger partial charge on any atom is 0.0620 e. The smallest absolute Gasteiger partial charge is 0.0620 e. The van der Waals surface area contributed by atoms with Gasteiger partial charge in [0.2, 0.25) is 0 Å². The first-order chi connectivity index (χ1) is 6.95. The van der Waals surface area contributed by atoms with Crippen LogP contribution in [-0.4, -0.2) is 38.4 Å². The lowest BCUT2D eigenvalue weighted by atomic mass is 10.2. The number of ether oxygens (including phenoxy) is 1. The van der Waals surface area contributed by atoms with Gasteiger partial charge in [0.05, 0.1) is 13.2 Å². The monoisotopic (exact) mass is 198 g/mol. The lowest BCUT2D eigenvalue weighted by Crippen LogP contribution is -2.43. The van der Waals surface area contributed by atoms with Gasteiger partial charge in [-0.1, -0.05) is 12.8 Å². The van der Waals surface area contributed by atoms with Gasteiger partial charge in [-0.2, -0.15) is 0 Å². The molecule has 0 aromatic rings. The van der Waals surface area contributed by atoms with E-state index in [9.17, 15) is 0 Å². The van der Waals surface area contributed by atoms with E-state index in [0.29, 0.717) is 6.04 Å². The van der Waals surface area contributed by atoms with Crippen LogP contribution < -0.4 is 10.6 Å². The highest BCUT2D eigenvalue weighted by molar-refractivity contribution is 4.76. The highest BCUT2D eigenvalue weighted by Gasteiger charge is 2.16. The van der Waals surface area contributed by atoms with Gasteiger partial charge in [0.25, 0.3) is 0 Å². The SMILES string of the molecule is C1CCC(NCCC2COCCN2)C1. The molecule has 0 radical (unpaired) electrons. The highest BCUT2D eigenvalue weighted by Crippen LogP contribution is 2.17. The van der Waals surface area contributed by atoms with E-state index in [2.05, 4.69) is 10.6 Å². The van der Waals surface area contributed by atoms with Crippen LogP contribution in [0.25, 0.3) is 0 Å². The van der Waals surface area contributed by atoms with Crippen molar-refractivity contribution in [2.75, 3.05) is 26.3 Å². The van der Waals surface area contributed by atoms with Crippen molar-refractivity contribution in [2.45, 2.75) is 44.2 Å². The van der Waals surface area contributed by atoms with Gasteiger partial charge in [-0.25, -0.2) is 0 Å². The van der Waals surface area contributed by atoms with Crippen molar-refractivity contribution in [1.82, 2.24) is 10.6 Å². The average Bonchev–Trinajstić information content (AvgIpc) is 2.72. The van der Waals surface area contributed by atoms with E-state index in [4.69, 9.17) is 4.74 Å². The molecule has 3 heteroatoms. The molecule has 1 heterocycles. The van der Waals surface area contributed by atoms with E-state index in [0.717, 1.165) is 32.3 Å². The standard InChI is InChI=1S/C11H22N2O/c1-2-4-10(3-1)12-6-5-11-9-14-8-7-13-11/h10-13H,1-9H2. The molecule has 0 amide bonds. The summed E-state index contributed by atoms with van der Waals surface area (Å²) in [5.41, 5.74) is 0. The van der Waals surface area contributed by atoms with Gasteiger partial charge in [0.15, 0.2) is 0 Å². The molecular formula is C11H22N2O. The van der Waals surface area contributed by atoms with E-state index < -0.39 is 0 Å². The van der Waals surface area contributed by atoms with E-state index >= 15 is 0 Å². The van der Waals surface area contributed by atoms with Crippen LogP contribution >= 0.6 is 0 Å². The molecule has 0 aromatic carbocycles. The summed E-state index contributed by atoms with van der Waals surface area (Å²) in [4.78, 5) is 0. The number of hydrogen-bond donors (Lipinski definition) is 2. The van der Waals surface area contributed by atoms with Crippen molar-refractivity contribution in [3.05, 3.63) is 0 Å². The molecule has 1 atom stereocenters. The van der Waals surface area contributed by atoms with E-state index in [1.807, 2.05) is 0 Å². The van der Waals surface area contributed by atoms with Crippen molar-refractivity contribution in [1.29, 1.82) is 0 Å². The molecule has 0 spiro atoms. The Morgan fingerprint density at radius 1 is 1.29 bits per heavy atom. The Balaban J connectivity index is 1.52. The molecule has 14 heavy (non-hydrogen) atoms. The van der Waals surface area contributed by atoms with E-state index in [1.54, 1.807) is 0 Å². The second-order valence-electron chi connectivity index (χ2n) is 4.45. The van der Waals surface area contributed by atoms with Crippen molar-refractivity contribution < 1.29 is 4.74 Å². The topological polar surface area (TPSA) is 33.3 Å². The van der Waals surface area contributed by atoms with Crippen molar-refractivity contribution >= 4 is 0 Å². The molecule has 2 rings (SSSR count). The number of rotatable bonds is 4. The number of hydrogen-bond acceptors (Lipinski definition) is 3. The molecule has 0 aromatic heterocycles. The number of nitrogens with one attached hydrogen (secondary N) is 2. The molecule has 1 saturated carbocycles. The molecule has 1 unspecified atom stereocenters. The fraction of sp³-hybridized carbons (Fsp3) is 1.00. The first-order valence-corrected chi connectivity index (χ1v) is 5.99. The third kappa shape index (κ3) is 3.23. The van der Waals surface area contributed by atoms with Crippen LogP contribution in [0.1, 0.15) is 32.1 Å². The van der Waals surface area contributed by atoms with Gasteiger partial charge >= 0.3 is 0 Å². The summed E-state index contributed by atoms with van der Waals surface area (Å²) in [5, 5.41) is 7.11. The molecule has 3 nitrogen and oxygen atoms in total. The van der Waals surface area contributed by atoms with Crippen LogP contribution in [0.2, 0.25) is 0 Å². The minimum atomic E-state index is 0.581. The average molecular weight is 198 g/mol. The van der Waals surface area contributed by atoms with E-state index in [1.165, 1.54) is 32.1 Å². The van der Waals surface area contributed by atoms with Gasteiger partial charge < -0.3 is 15.4 Å². The van der Waals surface area contributed by atoms with Gasteiger partial charge in [-0.3, -0.25) is 0 Å². The highest BCUT2D eigenvalue weighted by atomic mass is 16.5. The second-order valence-corrected chi connectivity index (χ2v) is 4.45. The maximum absolute atomic E-state index is 5.41. The Morgan fingerprint density at radius 2 is 2.14 bits per heavy atom. The lowest BCUT2D eigenvalue weighted by Gasteiger charge is -2.24. The van der Waals surface area contributed by atoms with Gasteiger partial charge in [-0.15, -0.1) is 0 Å². The Morgan fingerprint density at radius 3 is 2.86 bits per heavy atom. The normalized spacial score (nSPS) is 29.6. The predicted octanol–water partition coefficient (Wildman–Crippen LogP) is 0.897. The zero-order chi connectivity index (χ0) is 9.64. The molecule has 1 aliphatic heterocycles. The molecule has 1 aliphatic carbocycles. The molecule has 2 N–H and O–H groups in total. The maximum atomic E-state index is 5.41. The summed E-state index contributed by atoms with van der Waals surface area (Å²) in [7, 11) is 0. The summed E-state index contributed by atoms with van der Waals surface area (Å²) in [6.07, 6.45) is 6.81. The minimum Gasteiger partial charge on any atom is -0.379 e. The van der Waals surface area contributed by atoms with Crippen LogP contribution in [0.3, 0.4) is 0 Å². The van der Waals surface area contributed by atoms with Crippen molar-refractivity contribution in [3.63, 3.8) is 0 Å². The fourth-order valence-electron chi connectivity index (χ4n) is 2.40. The zero-order valence-corrected chi connectivity index (χ0v) is 8.93. The molecule has 82 valence electrons. The Labute approximate surface area is 86.6 Å². The van der Waals surface area contributed by atoms with Crippen LogP contribution in [0, 0.1) is 0 Å². The zero-order valence-electron chi connectivity index (χ0n) is 8.93. The quantitative estimate of drug-likeness (QED) is 0.704. The predicted molar refractivity (Wildman–Crippen MR) is 57.5 cm³/mol. The second kappa shape index (κ2) is 5.69. The molecular weight excluding hydrogens is 176 g/mol. The summed E-state index contributed by atoms with van der Waals surface area (Å²) in [6.45, 7) is 3.94. The summed E-state index contributed by atoms with van der Waals surface area (Å²) >= 11 is 0.